The highest BCUT2D eigenvalue weighted by molar-refractivity contribution is 7.16. The van der Waals surface area contributed by atoms with Crippen molar-refractivity contribution in [1.29, 1.82) is 0 Å². The van der Waals surface area contributed by atoms with Crippen molar-refractivity contribution < 1.29 is 14.7 Å². The first-order valence-electron chi connectivity index (χ1n) is 12.4. The topological polar surface area (TPSA) is 126 Å². The Kier molecular flexibility index (Phi) is 7.24. The molecule has 5 heterocycles. The van der Waals surface area contributed by atoms with Crippen LogP contribution in [0.25, 0.3) is 10.6 Å². The van der Waals surface area contributed by atoms with Gasteiger partial charge in [-0.1, -0.05) is 5.16 Å². The Labute approximate surface area is 223 Å². The predicted molar refractivity (Wildman–Crippen MR) is 145 cm³/mol. The highest BCUT2D eigenvalue weighted by Gasteiger charge is 2.40. The third-order valence-corrected chi connectivity index (χ3v) is 8.25. The number of fused-ring (bicyclic) bond motifs is 2. The number of nitrogens with zero attached hydrogens (tertiary/aromatic N) is 6. The SMILES string of the molecule is Cc1nc(C)c(-c2csc(Nc3cnc(C(=O)N4[C@@H]5CCC[C@H]4CC(=NOCC(C)(C)O)C5)cn3)n2)s1. The standard InChI is InChI=1S/C25H31N7O3S2/c1-14-22(37-15(2)28-14)20-12-36-24(29-20)30-21-11-26-19(10-27-21)23(33)32-17-6-5-7-18(32)9-16(8-17)31-35-13-25(3,4)34/h10-12,17-18,34H,5-9,13H2,1-4H3,(H,27,29,30)/t17-,18+. The summed E-state index contributed by atoms with van der Waals surface area (Å²) >= 11 is 3.11. The number of aromatic nitrogens is 4. The minimum atomic E-state index is -0.933. The molecule has 12 heteroatoms. The molecule has 0 saturated carbocycles. The molecule has 0 spiro atoms. The zero-order valence-corrected chi connectivity index (χ0v) is 23.0. The molecule has 1 amide bonds. The fourth-order valence-corrected chi connectivity index (χ4v) is 6.49. The lowest BCUT2D eigenvalue weighted by molar-refractivity contribution is -0.0202. The van der Waals surface area contributed by atoms with E-state index in [0.29, 0.717) is 29.5 Å². The summed E-state index contributed by atoms with van der Waals surface area (Å²) in [7, 11) is 0. The molecule has 2 atom stereocenters. The number of rotatable bonds is 7. The molecular weight excluding hydrogens is 510 g/mol. The van der Waals surface area contributed by atoms with Gasteiger partial charge in [0, 0.05) is 30.3 Å². The van der Waals surface area contributed by atoms with E-state index in [4.69, 9.17) is 4.84 Å². The Bertz CT molecular complexity index is 1280. The number of hydrogen-bond donors (Lipinski definition) is 2. The van der Waals surface area contributed by atoms with E-state index in [0.717, 1.165) is 46.2 Å². The summed E-state index contributed by atoms with van der Waals surface area (Å²) in [4.78, 5) is 39.8. The van der Waals surface area contributed by atoms with Crippen molar-refractivity contribution in [2.24, 2.45) is 5.16 Å². The van der Waals surface area contributed by atoms with Crippen LogP contribution in [-0.4, -0.2) is 65.9 Å². The number of thiazole rings is 2. The average Bonchev–Trinajstić information content (AvgIpc) is 3.43. The van der Waals surface area contributed by atoms with Crippen molar-refractivity contribution in [3.05, 3.63) is 34.2 Å². The zero-order chi connectivity index (χ0) is 26.2. The van der Waals surface area contributed by atoms with Crippen molar-refractivity contribution in [2.75, 3.05) is 11.9 Å². The van der Waals surface area contributed by atoms with Crippen LogP contribution in [0, 0.1) is 13.8 Å². The smallest absolute Gasteiger partial charge is 0.274 e. The van der Waals surface area contributed by atoms with Crippen LogP contribution in [0.4, 0.5) is 10.9 Å². The van der Waals surface area contributed by atoms with Gasteiger partial charge in [-0.15, -0.1) is 22.7 Å². The highest BCUT2D eigenvalue weighted by Crippen LogP contribution is 2.35. The lowest BCUT2D eigenvalue weighted by Gasteiger charge is -2.46. The fourth-order valence-electron chi connectivity index (χ4n) is 4.83. The van der Waals surface area contributed by atoms with Crippen LogP contribution in [0.15, 0.2) is 22.9 Å². The van der Waals surface area contributed by atoms with E-state index < -0.39 is 5.60 Å². The van der Waals surface area contributed by atoms with Crippen molar-refractivity contribution in [3.8, 4) is 10.6 Å². The second-order valence-corrected chi connectivity index (χ2v) is 12.3. The molecule has 2 aliphatic heterocycles. The lowest BCUT2D eigenvalue weighted by Crippen LogP contribution is -2.55. The number of nitrogens with one attached hydrogen (secondary N) is 1. The molecule has 10 nitrogen and oxygen atoms in total. The number of amides is 1. The molecule has 5 rings (SSSR count). The predicted octanol–water partition coefficient (Wildman–Crippen LogP) is 4.72. The minimum absolute atomic E-state index is 0.0664. The van der Waals surface area contributed by atoms with Crippen LogP contribution < -0.4 is 5.32 Å². The second kappa shape index (κ2) is 10.4. The summed E-state index contributed by atoms with van der Waals surface area (Å²) in [6.45, 7) is 7.48. The Morgan fingerprint density at radius 1 is 1.22 bits per heavy atom. The van der Waals surface area contributed by atoms with Crippen LogP contribution in [0.5, 0.6) is 0 Å². The molecule has 0 radical (unpaired) electrons. The molecule has 0 unspecified atom stereocenters. The summed E-state index contributed by atoms with van der Waals surface area (Å²) < 4.78 is 0. The normalized spacial score (nSPS) is 20.8. The van der Waals surface area contributed by atoms with Crippen LogP contribution in [0.2, 0.25) is 0 Å². The Morgan fingerprint density at radius 3 is 2.59 bits per heavy atom. The number of hydrogen-bond acceptors (Lipinski definition) is 11. The molecule has 2 saturated heterocycles. The van der Waals surface area contributed by atoms with Gasteiger partial charge in [-0.2, -0.15) is 0 Å². The van der Waals surface area contributed by atoms with E-state index in [9.17, 15) is 9.90 Å². The highest BCUT2D eigenvalue weighted by atomic mass is 32.1. The summed E-state index contributed by atoms with van der Waals surface area (Å²) in [5, 5.41) is 21.0. The quantitative estimate of drug-likeness (QED) is 0.412. The first-order chi connectivity index (χ1) is 17.7. The molecular formula is C25H31N7O3S2. The van der Waals surface area contributed by atoms with Gasteiger partial charge in [0.15, 0.2) is 10.9 Å². The van der Waals surface area contributed by atoms with Crippen molar-refractivity contribution in [3.63, 3.8) is 0 Å². The van der Waals surface area contributed by atoms with Crippen LogP contribution >= 0.6 is 22.7 Å². The third kappa shape index (κ3) is 5.97. The number of carbonyl (C=O) groups excluding carboxylic acids is 1. The number of piperidine rings is 2. The molecule has 0 aromatic carbocycles. The van der Waals surface area contributed by atoms with E-state index in [1.807, 2.05) is 24.1 Å². The van der Waals surface area contributed by atoms with Gasteiger partial charge in [-0.3, -0.25) is 4.79 Å². The number of aliphatic hydroxyl groups is 1. The Morgan fingerprint density at radius 2 is 1.97 bits per heavy atom. The van der Waals surface area contributed by atoms with Gasteiger partial charge in [0.25, 0.3) is 5.91 Å². The van der Waals surface area contributed by atoms with Gasteiger partial charge in [-0.25, -0.2) is 19.9 Å². The molecule has 2 aliphatic rings. The maximum Gasteiger partial charge on any atom is 0.274 e. The molecule has 2 fully saturated rings. The van der Waals surface area contributed by atoms with E-state index in [2.05, 4.69) is 30.4 Å². The lowest BCUT2D eigenvalue weighted by atomic mass is 9.83. The average molecular weight is 542 g/mol. The van der Waals surface area contributed by atoms with Gasteiger partial charge in [0.1, 0.15) is 12.3 Å². The summed E-state index contributed by atoms with van der Waals surface area (Å²) in [6.07, 6.45) is 7.38. The van der Waals surface area contributed by atoms with Crippen molar-refractivity contribution in [2.45, 2.75) is 77.5 Å². The minimum Gasteiger partial charge on any atom is -0.393 e. The van der Waals surface area contributed by atoms with Crippen molar-refractivity contribution >= 4 is 45.2 Å². The van der Waals surface area contributed by atoms with E-state index in [-0.39, 0.29) is 24.6 Å². The molecule has 196 valence electrons. The third-order valence-electron chi connectivity index (χ3n) is 6.40. The number of oxime groups is 1. The van der Waals surface area contributed by atoms with Crippen LogP contribution in [0.1, 0.15) is 67.1 Å². The first-order valence-corrected chi connectivity index (χ1v) is 14.1. The van der Waals surface area contributed by atoms with E-state index in [1.54, 1.807) is 31.4 Å². The molecule has 0 aliphatic carbocycles. The Balaban J connectivity index is 1.23. The molecule has 3 aromatic heterocycles. The molecule has 3 aromatic rings. The zero-order valence-electron chi connectivity index (χ0n) is 21.4. The fraction of sp³-hybridized carbons (Fsp3) is 0.520. The molecule has 2 bridgehead atoms. The molecule has 2 N–H and O–H groups in total. The number of aryl methyl sites for hydroxylation is 2. The van der Waals surface area contributed by atoms with Crippen LogP contribution in [0.3, 0.4) is 0 Å². The van der Waals surface area contributed by atoms with Crippen LogP contribution in [-0.2, 0) is 4.84 Å². The second-order valence-electron chi connectivity index (χ2n) is 10.2. The van der Waals surface area contributed by atoms with Gasteiger partial charge in [0.05, 0.1) is 45.0 Å². The van der Waals surface area contributed by atoms with Crippen molar-refractivity contribution in [1.82, 2.24) is 24.8 Å². The Hall–Kier alpha value is -2.96. The summed E-state index contributed by atoms with van der Waals surface area (Å²) in [6, 6.07) is 0.133. The molecule has 37 heavy (non-hydrogen) atoms. The van der Waals surface area contributed by atoms with Gasteiger partial charge in [-0.05, 0) is 47.0 Å². The monoisotopic (exact) mass is 541 g/mol. The summed E-state index contributed by atoms with van der Waals surface area (Å²) in [5.74, 6) is 0.435. The van der Waals surface area contributed by atoms with E-state index >= 15 is 0 Å². The maximum atomic E-state index is 13.4. The summed E-state index contributed by atoms with van der Waals surface area (Å²) in [5.41, 5.74) is 2.21. The maximum absolute atomic E-state index is 13.4. The largest absolute Gasteiger partial charge is 0.393 e. The van der Waals surface area contributed by atoms with Gasteiger partial charge < -0.3 is 20.2 Å². The first kappa shape index (κ1) is 25.7. The number of carbonyl (C=O) groups is 1. The van der Waals surface area contributed by atoms with Gasteiger partial charge in [0.2, 0.25) is 0 Å². The van der Waals surface area contributed by atoms with E-state index in [1.165, 1.54) is 17.5 Å². The van der Waals surface area contributed by atoms with Gasteiger partial charge >= 0.3 is 0 Å². The number of anilines is 2.